The Morgan fingerprint density at radius 1 is 1.45 bits per heavy atom. The number of rotatable bonds is 5. The van der Waals surface area contributed by atoms with Crippen LogP contribution in [-0.2, 0) is 0 Å². The Bertz CT molecular complexity index is 476. The van der Waals surface area contributed by atoms with Crippen LogP contribution in [0.1, 0.15) is 43.5 Å². The molecule has 110 valence electrons. The number of hydrogen-bond donors (Lipinski definition) is 1. The van der Waals surface area contributed by atoms with Crippen LogP contribution in [0.3, 0.4) is 0 Å². The monoisotopic (exact) mass is 278 g/mol. The number of carbonyl (C=O) groups excluding carboxylic acids is 1. The summed E-state index contributed by atoms with van der Waals surface area (Å²) in [6, 6.07) is 4.71. The van der Waals surface area contributed by atoms with Crippen molar-refractivity contribution in [2.24, 2.45) is 5.92 Å². The third-order valence-corrected chi connectivity index (χ3v) is 3.95. The minimum Gasteiger partial charge on any atom is -0.382 e. The second-order valence-electron chi connectivity index (χ2n) is 5.40. The summed E-state index contributed by atoms with van der Waals surface area (Å²) < 4.78 is 13.9. The molecule has 2 rings (SSSR count). The van der Waals surface area contributed by atoms with Gasteiger partial charge < -0.3 is 10.2 Å². The molecule has 20 heavy (non-hydrogen) atoms. The summed E-state index contributed by atoms with van der Waals surface area (Å²) in [7, 11) is 0. The van der Waals surface area contributed by atoms with Gasteiger partial charge in [0.25, 0.3) is 5.91 Å². The SMILES string of the molecule is CCCNc1c(F)cccc1C(=O)N1CCC(CC)C1. The van der Waals surface area contributed by atoms with Crippen LogP contribution in [0.2, 0.25) is 0 Å². The number of amides is 1. The van der Waals surface area contributed by atoms with Gasteiger partial charge in [0, 0.05) is 19.6 Å². The summed E-state index contributed by atoms with van der Waals surface area (Å²) in [5, 5.41) is 3.04. The largest absolute Gasteiger partial charge is 0.382 e. The van der Waals surface area contributed by atoms with Gasteiger partial charge in [0.05, 0.1) is 11.3 Å². The number of nitrogens with one attached hydrogen (secondary N) is 1. The zero-order valence-corrected chi connectivity index (χ0v) is 12.3. The molecule has 0 aromatic heterocycles. The fraction of sp³-hybridized carbons (Fsp3) is 0.562. The van der Waals surface area contributed by atoms with Crippen molar-refractivity contribution in [2.75, 3.05) is 25.0 Å². The van der Waals surface area contributed by atoms with Crippen LogP contribution < -0.4 is 5.32 Å². The van der Waals surface area contributed by atoms with E-state index in [0.29, 0.717) is 23.7 Å². The molecule has 1 aromatic carbocycles. The van der Waals surface area contributed by atoms with Gasteiger partial charge in [-0.05, 0) is 30.9 Å². The predicted octanol–water partition coefficient (Wildman–Crippen LogP) is 3.52. The lowest BCUT2D eigenvalue weighted by Crippen LogP contribution is -2.29. The summed E-state index contributed by atoms with van der Waals surface area (Å²) in [6.45, 7) is 6.40. The molecule has 0 radical (unpaired) electrons. The van der Waals surface area contributed by atoms with Gasteiger partial charge in [-0.1, -0.05) is 26.3 Å². The van der Waals surface area contributed by atoms with Crippen molar-refractivity contribution in [3.8, 4) is 0 Å². The maximum Gasteiger partial charge on any atom is 0.256 e. The highest BCUT2D eigenvalue weighted by molar-refractivity contribution is 5.99. The van der Waals surface area contributed by atoms with E-state index in [-0.39, 0.29) is 11.7 Å². The lowest BCUT2D eigenvalue weighted by atomic mass is 10.1. The molecule has 1 aliphatic rings. The van der Waals surface area contributed by atoms with E-state index < -0.39 is 0 Å². The lowest BCUT2D eigenvalue weighted by Gasteiger charge is -2.19. The summed E-state index contributed by atoms with van der Waals surface area (Å²) >= 11 is 0. The minimum atomic E-state index is -0.351. The zero-order chi connectivity index (χ0) is 14.5. The molecule has 0 saturated carbocycles. The predicted molar refractivity (Wildman–Crippen MR) is 79.5 cm³/mol. The Hall–Kier alpha value is -1.58. The Kier molecular flexibility index (Phi) is 4.99. The van der Waals surface area contributed by atoms with Gasteiger partial charge in [0.1, 0.15) is 5.82 Å². The Morgan fingerprint density at radius 2 is 2.25 bits per heavy atom. The third kappa shape index (κ3) is 3.11. The van der Waals surface area contributed by atoms with Crippen molar-refractivity contribution in [1.29, 1.82) is 0 Å². The molecule has 1 aliphatic heterocycles. The molecule has 1 unspecified atom stereocenters. The van der Waals surface area contributed by atoms with Crippen LogP contribution in [0.25, 0.3) is 0 Å². The summed E-state index contributed by atoms with van der Waals surface area (Å²) in [5.74, 6) is 0.175. The molecule has 1 saturated heterocycles. The van der Waals surface area contributed by atoms with E-state index in [9.17, 15) is 9.18 Å². The quantitative estimate of drug-likeness (QED) is 0.893. The topological polar surface area (TPSA) is 32.3 Å². The van der Waals surface area contributed by atoms with E-state index in [4.69, 9.17) is 0 Å². The number of nitrogens with zero attached hydrogens (tertiary/aromatic N) is 1. The fourth-order valence-corrected chi connectivity index (χ4v) is 2.65. The van der Waals surface area contributed by atoms with Crippen molar-refractivity contribution in [2.45, 2.75) is 33.1 Å². The molecular formula is C16H23FN2O. The maximum absolute atomic E-state index is 13.9. The van der Waals surface area contributed by atoms with Crippen LogP contribution in [0.4, 0.5) is 10.1 Å². The van der Waals surface area contributed by atoms with Gasteiger partial charge in [0.15, 0.2) is 0 Å². The Labute approximate surface area is 120 Å². The number of anilines is 1. The normalized spacial score (nSPS) is 18.4. The molecule has 0 bridgehead atoms. The second kappa shape index (κ2) is 6.73. The van der Waals surface area contributed by atoms with E-state index in [1.165, 1.54) is 6.07 Å². The lowest BCUT2D eigenvalue weighted by molar-refractivity contribution is 0.0787. The number of halogens is 1. The Morgan fingerprint density at radius 3 is 2.90 bits per heavy atom. The molecule has 1 heterocycles. The molecule has 0 spiro atoms. The van der Waals surface area contributed by atoms with Crippen LogP contribution >= 0.6 is 0 Å². The molecule has 3 nitrogen and oxygen atoms in total. The second-order valence-corrected chi connectivity index (χ2v) is 5.40. The molecule has 1 atom stereocenters. The van der Waals surface area contributed by atoms with Crippen LogP contribution in [0.5, 0.6) is 0 Å². The molecular weight excluding hydrogens is 255 g/mol. The van der Waals surface area contributed by atoms with Gasteiger partial charge in [-0.25, -0.2) is 4.39 Å². The first-order valence-corrected chi connectivity index (χ1v) is 7.49. The van der Waals surface area contributed by atoms with Crippen molar-refractivity contribution in [3.63, 3.8) is 0 Å². The third-order valence-electron chi connectivity index (χ3n) is 3.95. The molecule has 1 fully saturated rings. The van der Waals surface area contributed by atoms with Gasteiger partial charge in [0.2, 0.25) is 0 Å². The molecule has 1 amide bonds. The average molecular weight is 278 g/mol. The average Bonchev–Trinajstić information content (AvgIpc) is 2.94. The first-order valence-electron chi connectivity index (χ1n) is 7.49. The highest BCUT2D eigenvalue weighted by Crippen LogP contribution is 2.25. The first-order chi connectivity index (χ1) is 9.67. The minimum absolute atomic E-state index is 0.0564. The van der Waals surface area contributed by atoms with Crippen LogP contribution in [0, 0.1) is 11.7 Å². The van der Waals surface area contributed by atoms with Crippen molar-refractivity contribution >= 4 is 11.6 Å². The number of benzene rings is 1. The Balaban J connectivity index is 2.19. The maximum atomic E-state index is 13.9. The molecule has 1 N–H and O–H groups in total. The van der Waals surface area contributed by atoms with Gasteiger partial charge in [-0.2, -0.15) is 0 Å². The molecule has 1 aromatic rings. The highest BCUT2D eigenvalue weighted by atomic mass is 19.1. The fourth-order valence-electron chi connectivity index (χ4n) is 2.65. The zero-order valence-electron chi connectivity index (χ0n) is 12.3. The van der Waals surface area contributed by atoms with Gasteiger partial charge >= 0.3 is 0 Å². The first kappa shape index (κ1) is 14.8. The van der Waals surface area contributed by atoms with Crippen LogP contribution in [0.15, 0.2) is 18.2 Å². The van der Waals surface area contributed by atoms with E-state index in [0.717, 1.165) is 32.4 Å². The smallest absolute Gasteiger partial charge is 0.256 e. The molecule has 4 heteroatoms. The van der Waals surface area contributed by atoms with E-state index in [2.05, 4.69) is 12.2 Å². The van der Waals surface area contributed by atoms with Crippen molar-refractivity contribution < 1.29 is 9.18 Å². The van der Waals surface area contributed by atoms with E-state index in [1.807, 2.05) is 11.8 Å². The summed E-state index contributed by atoms with van der Waals surface area (Å²) in [6.07, 6.45) is 3.03. The van der Waals surface area contributed by atoms with Gasteiger partial charge in [-0.15, -0.1) is 0 Å². The van der Waals surface area contributed by atoms with Crippen LogP contribution in [-0.4, -0.2) is 30.4 Å². The number of likely N-dealkylation sites (tertiary alicyclic amines) is 1. The standard InChI is InChI=1S/C16H23FN2O/c1-3-9-18-15-13(6-5-7-14(15)17)16(20)19-10-8-12(4-2)11-19/h5-7,12,18H,3-4,8-11H2,1-2H3. The van der Waals surface area contributed by atoms with Crippen molar-refractivity contribution in [3.05, 3.63) is 29.6 Å². The highest BCUT2D eigenvalue weighted by Gasteiger charge is 2.27. The van der Waals surface area contributed by atoms with Gasteiger partial charge in [-0.3, -0.25) is 4.79 Å². The number of hydrogen-bond acceptors (Lipinski definition) is 2. The summed E-state index contributed by atoms with van der Waals surface area (Å²) in [4.78, 5) is 14.4. The number of para-hydroxylation sites is 1. The number of carbonyl (C=O) groups is 1. The van der Waals surface area contributed by atoms with Crippen molar-refractivity contribution in [1.82, 2.24) is 4.90 Å². The molecule has 0 aliphatic carbocycles. The summed E-state index contributed by atoms with van der Waals surface area (Å²) in [5.41, 5.74) is 0.800. The van der Waals surface area contributed by atoms with E-state index >= 15 is 0 Å². The van der Waals surface area contributed by atoms with E-state index in [1.54, 1.807) is 12.1 Å².